The van der Waals surface area contributed by atoms with Crippen molar-refractivity contribution >= 4 is 5.91 Å². The van der Waals surface area contributed by atoms with Gasteiger partial charge in [0.25, 0.3) is 0 Å². The van der Waals surface area contributed by atoms with E-state index in [9.17, 15) is 4.79 Å². The molecule has 1 heterocycles. The molecule has 3 heteroatoms. The average Bonchev–Trinajstić information content (AvgIpc) is 2.55. The van der Waals surface area contributed by atoms with E-state index in [1.165, 1.54) is 11.1 Å². The number of aromatic nitrogens is 1. The van der Waals surface area contributed by atoms with E-state index < -0.39 is 0 Å². The molecular formula is C18H20N2O. The van der Waals surface area contributed by atoms with Crippen LogP contribution in [-0.2, 0) is 17.6 Å². The normalized spacial score (nSPS) is 17.0. The van der Waals surface area contributed by atoms with Crippen molar-refractivity contribution < 1.29 is 4.79 Å². The Balaban J connectivity index is 1.59. The molecule has 1 unspecified atom stereocenters. The van der Waals surface area contributed by atoms with Crippen LogP contribution in [-0.4, -0.2) is 17.4 Å². The Morgan fingerprint density at radius 2 is 2.05 bits per heavy atom. The fourth-order valence-corrected chi connectivity index (χ4v) is 3.01. The van der Waals surface area contributed by atoms with Crippen LogP contribution < -0.4 is 5.32 Å². The van der Waals surface area contributed by atoms with E-state index in [2.05, 4.69) is 28.5 Å². The summed E-state index contributed by atoms with van der Waals surface area (Å²) in [4.78, 5) is 16.7. The Hall–Kier alpha value is -2.16. The number of rotatable bonds is 4. The molecule has 0 bridgehead atoms. The van der Waals surface area contributed by atoms with Crippen LogP contribution >= 0.6 is 0 Å². The number of nitrogens with zero attached hydrogens (tertiary/aromatic N) is 1. The lowest BCUT2D eigenvalue weighted by molar-refractivity contribution is -0.122. The molecule has 1 aromatic heterocycles. The maximum absolute atomic E-state index is 12.4. The predicted octanol–water partition coefficient (Wildman–Crippen LogP) is 2.86. The monoisotopic (exact) mass is 280 g/mol. The summed E-state index contributed by atoms with van der Waals surface area (Å²) < 4.78 is 0. The zero-order valence-electron chi connectivity index (χ0n) is 12.1. The largest absolute Gasteiger partial charge is 0.355 e. The summed E-state index contributed by atoms with van der Waals surface area (Å²) in [6.07, 6.45) is 5.70. The first kappa shape index (κ1) is 13.8. The highest BCUT2D eigenvalue weighted by molar-refractivity contribution is 5.84. The molecule has 1 N–H and O–H groups in total. The Morgan fingerprint density at radius 3 is 2.90 bits per heavy atom. The van der Waals surface area contributed by atoms with Crippen molar-refractivity contribution in [3.8, 4) is 0 Å². The van der Waals surface area contributed by atoms with Crippen LogP contribution in [0.4, 0.5) is 0 Å². The molecule has 0 fully saturated rings. The molecule has 3 nitrogen and oxygen atoms in total. The topological polar surface area (TPSA) is 42.0 Å². The zero-order valence-corrected chi connectivity index (χ0v) is 12.1. The van der Waals surface area contributed by atoms with Gasteiger partial charge in [0.05, 0.1) is 5.92 Å². The summed E-state index contributed by atoms with van der Waals surface area (Å²) in [7, 11) is 0. The van der Waals surface area contributed by atoms with Gasteiger partial charge in [-0.25, -0.2) is 0 Å². The maximum atomic E-state index is 12.4. The predicted molar refractivity (Wildman–Crippen MR) is 83.1 cm³/mol. The lowest BCUT2D eigenvalue weighted by atomic mass is 9.82. The molecule has 0 radical (unpaired) electrons. The highest BCUT2D eigenvalue weighted by atomic mass is 16.1. The van der Waals surface area contributed by atoms with Gasteiger partial charge in [-0.3, -0.25) is 9.78 Å². The van der Waals surface area contributed by atoms with Crippen LogP contribution in [0.2, 0.25) is 0 Å². The minimum atomic E-state index is 0.0127. The van der Waals surface area contributed by atoms with Gasteiger partial charge in [0.2, 0.25) is 5.91 Å². The van der Waals surface area contributed by atoms with E-state index in [-0.39, 0.29) is 11.8 Å². The summed E-state index contributed by atoms with van der Waals surface area (Å²) in [6, 6.07) is 14.2. The number of hydrogen-bond donors (Lipinski definition) is 1. The van der Waals surface area contributed by atoms with Gasteiger partial charge in [-0.15, -0.1) is 0 Å². The van der Waals surface area contributed by atoms with Gasteiger partial charge in [-0.2, -0.15) is 0 Å². The van der Waals surface area contributed by atoms with Crippen LogP contribution in [0.1, 0.15) is 35.6 Å². The van der Waals surface area contributed by atoms with Crippen LogP contribution in [0, 0.1) is 0 Å². The summed E-state index contributed by atoms with van der Waals surface area (Å²) in [6.45, 7) is 0.647. The smallest absolute Gasteiger partial charge is 0.227 e. The number of carbonyl (C=O) groups is 1. The van der Waals surface area contributed by atoms with E-state index in [1.807, 2.05) is 24.3 Å². The molecule has 3 rings (SSSR count). The zero-order chi connectivity index (χ0) is 14.5. The lowest BCUT2D eigenvalue weighted by Crippen LogP contribution is -2.32. The summed E-state index contributed by atoms with van der Waals surface area (Å²) in [5, 5.41) is 3.06. The molecule has 108 valence electrons. The SMILES string of the molecule is O=C(NCCc1ccccn1)C1CCCc2ccccc21. The van der Waals surface area contributed by atoms with Crippen molar-refractivity contribution in [3.63, 3.8) is 0 Å². The fraction of sp³-hybridized carbons (Fsp3) is 0.333. The molecule has 0 saturated carbocycles. The molecule has 1 atom stereocenters. The van der Waals surface area contributed by atoms with Gasteiger partial charge >= 0.3 is 0 Å². The Labute approximate surface area is 125 Å². The number of aryl methyl sites for hydroxylation is 1. The molecule has 2 aromatic rings. The maximum Gasteiger partial charge on any atom is 0.227 e. The molecule has 0 saturated heterocycles. The van der Waals surface area contributed by atoms with Crippen LogP contribution in [0.5, 0.6) is 0 Å². The van der Waals surface area contributed by atoms with Gasteiger partial charge in [0.15, 0.2) is 0 Å². The summed E-state index contributed by atoms with van der Waals surface area (Å²) >= 11 is 0. The van der Waals surface area contributed by atoms with Crippen molar-refractivity contribution in [1.82, 2.24) is 10.3 Å². The van der Waals surface area contributed by atoms with Gasteiger partial charge in [-0.05, 0) is 42.5 Å². The van der Waals surface area contributed by atoms with Gasteiger partial charge in [-0.1, -0.05) is 30.3 Å². The quantitative estimate of drug-likeness (QED) is 0.935. The number of amides is 1. The van der Waals surface area contributed by atoms with E-state index in [0.717, 1.165) is 31.4 Å². The van der Waals surface area contributed by atoms with Crippen LogP contribution in [0.3, 0.4) is 0 Å². The second-order valence-corrected chi connectivity index (χ2v) is 5.51. The highest BCUT2D eigenvalue weighted by Gasteiger charge is 2.25. The first-order chi connectivity index (χ1) is 10.3. The summed E-state index contributed by atoms with van der Waals surface area (Å²) in [5.41, 5.74) is 3.55. The molecule has 1 amide bonds. The fourth-order valence-electron chi connectivity index (χ4n) is 3.01. The third kappa shape index (κ3) is 3.30. The average molecular weight is 280 g/mol. The number of benzene rings is 1. The summed E-state index contributed by atoms with van der Waals surface area (Å²) in [5.74, 6) is 0.164. The van der Waals surface area contributed by atoms with Gasteiger partial charge in [0, 0.05) is 24.9 Å². The standard InChI is InChI=1S/C18H20N2O/c21-18(20-13-11-15-8-3-4-12-19-15)17-10-5-7-14-6-1-2-9-16(14)17/h1-4,6,8-9,12,17H,5,7,10-11,13H2,(H,20,21). The first-order valence-corrected chi connectivity index (χ1v) is 7.60. The third-order valence-electron chi connectivity index (χ3n) is 4.09. The van der Waals surface area contributed by atoms with E-state index >= 15 is 0 Å². The van der Waals surface area contributed by atoms with Gasteiger partial charge < -0.3 is 5.32 Å². The molecular weight excluding hydrogens is 260 g/mol. The van der Waals surface area contributed by atoms with Crippen molar-refractivity contribution in [1.29, 1.82) is 0 Å². The number of fused-ring (bicyclic) bond motifs is 1. The molecule has 21 heavy (non-hydrogen) atoms. The van der Waals surface area contributed by atoms with E-state index in [1.54, 1.807) is 6.20 Å². The molecule has 1 aromatic carbocycles. The Morgan fingerprint density at radius 1 is 1.19 bits per heavy atom. The van der Waals surface area contributed by atoms with Crippen molar-refractivity contribution in [2.24, 2.45) is 0 Å². The molecule has 0 aliphatic heterocycles. The first-order valence-electron chi connectivity index (χ1n) is 7.60. The third-order valence-corrected chi connectivity index (χ3v) is 4.09. The second kappa shape index (κ2) is 6.53. The minimum Gasteiger partial charge on any atom is -0.355 e. The van der Waals surface area contributed by atoms with Crippen molar-refractivity contribution in [2.45, 2.75) is 31.6 Å². The lowest BCUT2D eigenvalue weighted by Gasteiger charge is -2.24. The minimum absolute atomic E-state index is 0.0127. The Bertz CT molecular complexity index is 610. The highest BCUT2D eigenvalue weighted by Crippen LogP contribution is 2.31. The van der Waals surface area contributed by atoms with E-state index in [0.29, 0.717) is 6.54 Å². The van der Waals surface area contributed by atoms with E-state index in [4.69, 9.17) is 0 Å². The number of hydrogen-bond acceptors (Lipinski definition) is 2. The number of pyridine rings is 1. The Kier molecular flexibility index (Phi) is 4.29. The van der Waals surface area contributed by atoms with Crippen molar-refractivity contribution in [2.75, 3.05) is 6.54 Å². The molecule has 0 spiro atoms. The molecule has 1 aliphatic carbocycles. The van der Waals surface area contributed by atoms with Crippen LogP contribution in [0.25, 0.3) is 0 Å². The molecule has 1 aliphatic rings. The van der Waals surface area contributed by atoms with Gasteiger partial charge in [0.1, 0.15) is 0 Å². The van der Waals surface area contributed by atoms with Crippen LogP contribution in [0.15, 0.2) is 48.7 Å². The number of nitrogens with one attached hydrogen (secondary N) is 1. The number of carbonyl (C=O) groups excluding carboxylic acids is 1. The van der Waals surface area contributed by atoms with Crippen molar-refractivity contribution in [3.05, 3.63) is 65.5 Å². The second-order valence-electron chi connectivity index (χ2n) is 5.51.